The summed E-state index contributed by atoms with van der Waals surface area (Å²) in [5.74, 6) is -0.186. The van der Waals surface area contributed by atoms with Crippen molar-refractivity contribution in [1.82, 2.24) is 4.90 Å². The van der Waals surface area contributed by atoms with Crippen LogP contribution in [0.5, 0.6) is 5.75 Å². The Morgan fingerprint density at radius 3 is 2.71 bits per heavy atom. The molecule has 0 spiro atoms. The number of anilines is 1. The van der Waals surface area contributed by atoms with E-state index in [0.717, 1.165) is 0 Å². The second kappa shape index (κ2) is 6.97. The Labute approximate surface area is 123 Å². The topological polar surface area (TPSA) is 78.9 Å². The Balaban J connectivity index is 1.84. The lowest BCUT2D eigenvalue weighted by molar-refractivity contribution is -0.149. The summed E-state index contributed by atoms with van der Waals surface area (Å²) < 4.78 is 5.00. The van der Waals surface area contributed by atoms with Gasteiger partial charge in [-0.25, -0.2) is 4.79 Å². The lowest BCUT2D eigenvalue weighted by atomic mass is 9.97. The Morgan fingerprint density at radius 2 is 2.10 bits per heavy atom. The van der Waals surface area contributed by atoms with Crippen LogP contribution in [0.1, 0.15) is 19.8 Å². The number of phenols is 1. The molecule has 6 heteroatoms. The molecule has 1 saturated heterocycles. The third-order valence-electron chi connectivity index (χ3n) is 3.50. The van der Waals surface area contributed by atoms with Gasteiger partial charge in [-0.1, -0.05) is 6.07 Å². The minimum absolute atomic E-state index is 0.105. The first-order valence-electron chi connectivity index (χ1n) is 7.11. The van der Waals surface area contributed by atoms with Crippen LogP contribution in [-0.2, 0) is 9.53 Å². The van der Waals surface area contributed by atoms with Gasteiger partial charge >= 0.3 is 12.0 Å². The molecule has 1 aromatic carbocycles. The number of hydrogen-bond donors (Lipinski definition) is 2. The molecule has 2 amide bonds. The SMILES string of the molecule is CCOC(=O)C1CCN(C(=O)Nc2cccc(O)c2)CC1. The molecule has 21 heavy (non-hydrogen) atoms. The normalized spacial score (nSPS) is 15.6. The highest BCUT2D eigenvalue weighted by molar-refractivity contribution is 5.89. The molecule has 1 aromatic rings. The average Bonchev–Trinajstić information content (AvgIpc) is 2.47. The van der Waals surface area contributed by atoms with Crippen LogP contribution < -0.4 is 5.32 Å². The number of aromatic hydroxyl groups is 1. The number of piperidine rings is 1. The lowest BCUT2D eigenvalue weighted by Crippen LogP contribution is -2.42. The standard InChI is InChI=1S/C15H20N2O4/c1-2-21-14(19)11-6-8-17(9-7-11)15(20)16-12-4-3-5-13(18)10-12/h3-5,10-11,18H,2,6-9H2,1H3,(H,16,20). The van der Waals surface area contributed by atoms with Crippen LogP contribution in [0.15, 0.2) is 24.3 Å². The van der Waals surface area contributed by atoms with Crippen LogP contribution in [-0.4, -0.2) is 41.7 Å². The van der Waals surface area contributed by atoms with Crippen LogP contribution >= 0.6 is 0 Å². The van der Waals surface area contributed by atoms with Gasteiger partial charge in [0.05, 0.1) is 12.5 Å². The molecular weight excluding hydrogens is 272 g/mol. The van der Waals surface area contributed by atoms with Crippen molar-refractivity contribution >= 4 is 17.7 Å². The molecule has 0 atom stereocenters. The fraction of sp³-hybridized carbons (Fsp3) is 0.467. The van der Waals surface area contributed by atoms with Crippen LogP contribution in [0.3, 0.4) is 0 Å². The van der Waals surface area contributed by atoms with E-state index in [2.05, 4.69) is 5.32 Å². The molecule has 1 aliphatic rings. The van der Waals surface area contributed by atoms with E-state index in [0.29, 0.717) is 38.2 Å². The highest BCUT2D eigenvalue weighted by Crippen LogP contribution is 2.20. The summed E-state index contributed by atoms with van der Waals surface area (Å²) in [5.41, 5.74) is 0.549. The predicted molar refractivity (Wildman–Crippen MR) is 78.1 cm³/mol. The van der Waals surface area contributed by atoms with Crippen molar-refractivity contribution in [2.24, 2.45) is 5.92 Å². The first-order chi connectivity index (χ1) is 10.1. The van der Waals surface area contributed by atoms with Crippen LogP contribution in [0, 0.1) is 5.92 Å². The molecule has 1 aliphatic heterocycles. The Hall–Kier alpha value is -2.24. The number of rotatable bonds is 3. The van der Waals surface area contributed by atoms with E-state index in [1.54, 1.807) is 30.0 Å². The van der Waals surface area contributed by atoms with Crippen molar-refractivity contribution < 1.29 is 19.4 Å². The van der Waals surface area contributed by atoms with Gasteiger partial charge < -0.3 is 20.1 Å². The summed E-state index contributed by atoms with van der Waals surface area (Å²) >= 11 is 0. The van der Waals surface area contributed by atoms with Gasteiger partial charge in [-0.05, 0) is 31.9 Å². The largest absolute Gasteiger partial charge is 0.508 e. The number of hydrogen-bond acceptors (Lipinski definition) is 4. The number of esters is 1. The zero-order chi connectivity index (χ0) is 15.2. The molecule has 0 saturated carbocycles. The molecule has 1 fully saturated rings. The van der Waals surface area contributed by atoms with E-state index in [1.807, 2.05) is 0 Å². The molecule has 2 rings (SSSR count). The summed E-state index contributed by atoms with van der Waals surface area (Å²) in [7, 11) is 0. The molecule has 0 aliphatic carbocycles. The van der Waals surface area contributed by atoms with Crippen molar-refractivity contribution in [2.75, 3.05) is 25.0 Å². The number of phenolic OH excluding ortho intramolecular Hbond substituents is 1. The van der Waals surface area contributed by atoms with Crippen LogP contribution in [0.25, 0.3) is 0 Å². The fourth-order valence-corrected chi connectivity index (χ4v) is 2.36. The number of nitrogens with one attached hydrogen (secondary N) is 1. The van der Waals surface area contributed by atoms with Crippen molar-refractivity contribution in [1.29, 1.82) is 0 Å². The van der Waals surface area contributed by atoms with E-state index >= 15 is 0 Å². The Bertz CT molecular complexity index is 510. The van der Waals surface area contributed by atoms with Gasteiger partial charge in [0.15, 0.2) is 0 Å². The monoisotopic (exact) mass is 292 g/mol. The second-order valence-corrected chi connectivity index (χ2v) is 4.99. The number of ether oxygens (including phenoxy) is 1. The summed E-state index contributed by atoms with van der Waals surface area (Å²) in [6.07, 6.45) is 1.23. The van der Waals surface area contributed by atoms with E-state index in [4.69, 9.17) is 4.74 Å². The zero-order valence-electron chi connectivity index (χ0n) is 12.0. The molecule has 6 nitrogen and oxygen atoms in total. The molecule has 1 heterocycles. The maximum Gasteiger partial charge on any atom is 0.321 e. The molecule has 0 radical (unpaired) electrons. The summed E-state index contributed by atoms with van der Waals surface area (Å²) in [6, 6.07) is 6.19. The van der Waals surface area contributed by atoms with Gasteiger partial charge in [0.1, 0.15) is 5.75 Å². The highest BCUT2D eigenvalue weighted by atomic mass is 16.5. The number of amides is 2. The zero-order valence-corrected chi connectivity index (χ0v) is 12.0. The van der Waals surface area contributed by atoms with Crippen molar-refractivity contribution in [3.63, 3.8) is 0 Å². The van der Waals surface area contributed by atoms with Crippen LogP contribution in [0.4, 0.5) is 10.5 Å². The number of carbonyl (C=O) groups excluding carboxylic acids is 2. The molecule has 114 valence electrons. The molecule has 0 bridgehead atoms. The quantitative estimate of drug-likeness (QED) is 0.837. The second-order valence-electron chi connectivity index (χ2n) is 4.99. The van der Waals surface area contributed by atoms with Crippen LogP contribution in [0.2, 0.25) is 0 Å². The first-order valence-corrected chi connectivity index (χ1v) is 7.11. The van der Waals surface area contributed by atoms with E-state index in [1.165, 1.54) is 6.07 Å². The maximum absolute atomic E-state index is 12.1. The summed E-state index contributed by atoms with van der Waals surface area (Å²) in [4.78, 5) is 25.4. The number of carbonyl (C=O) groups is 2. The van der Waals surface area contributed by atoms with Crippen molar-refractivity contribution in [3.8, 4) is 5.75 Å². The third kappa shape index (κ3) is 4.11. The average molecular weight is 292 g/mol. The molecule has 2 N–H and O–H groups in total. The van der Waals surface area contributed by atoms with Gasteiger partial charge in [-0.2, -0.15) is 0 Å². The lowest BCUT2D eigenvalue weighted by Gasteiger charge is -2.30. The summed E-state index contributed by atoms with van der Waals surface area (Å²) in [5, 5.41) is 12.1. The van der Waals surface area contributed by atoms with Crippen molar-refractivity contribution in [2.45, 2.75) is 19.8 Å². The third-order valence-corrected chi connectivity index (χ3v) is 3.50. The van der Waals surface area contributed by atoms with Gasteiger partial charge in [0.2, 0.25) is 0 Å². The maximum atomic E-state index is 12.1. The molecule has 0 unspecified atom stereocenters. The number of likely N-dealkylation sites (tertiary alicyclic amines) is 1. The van der Waals surface area contributed by atoms with E-state index in [9.17, 15) is 14.7 Å². The van der Waals surface area contributed by atoms with Gasteiger partial charge in [0, 0.05) is 24.8 Å². The van der Waals surface area contributed by atoms with Gasteiger partial charge in [0.25, 0.3) is 0 Å². The molecule has 0 aromatic heterocycles. The summed E-state index contributed by atoms with van der Waals surface area (Å²) in [6.45, 7) is 3.22. The van der Waals surface area contributed by atoms with Crippen molar-refractivity contribution in [3.05, 3.63) is 24.3 Å². The number of benzene rings is 1. The smallest absolute Gasteiger partial charge is 0.321 e. The minimum atomic E-state index is -0.220. The van der Waals surface area contributed by atoms with Gasteiger partial charge in [-0.15, -0.1) is 0 Å². The highest BCUT2D eigenvalue weighted by Gasteiger charge is 2.28. The Kier molecular flexibility index (Phi) is 5.03. The number of nitrogens with zero attached hydrogens (tertiary/aromatic N) is 1. The predicted octanol–water partition coefficient (Wildman–Crippen LogP) is 2.20. The number of urea groups is 1. The van der Waals surface area contributed by atoms with E-state index < -0.39 is 0 Å². The first kappa shape index (κ1) is 15.2. The Morgan fingerprint density at radius 1 is 1.38 bits per heavy atom. The fourth-order valence-electron chi connectivity index (χ4n) is 2.36. The minimum Gasteiger partial charge on any atom is -0.508 e. The van der Waals surface area contributed by atoms with E-state index in [-0.39, 0.29) is 23.7 Å². The molecular formula is C15H20N2O4. The van der Waals surface area contributed by atoms with Gasteiger partial charge in [-0.3, -0.25) is 4.79 Å².